The van der Waals surface area contributed by atoms with E-state index in [1.807, 2.05) is 0 Å². The van der Waals surface area contributed by atoms with Gasteiger partial charge in [0.2, 0.25) is 0 Å². The summed E-state index contributed by atoms with van der Waals surface area (Å²) in [6.07, 6.45) is 9.39. The van der Waals surface area contributed by atoms with Gasteiger partial charge < -0.3 is 5.32 Å². The lowest BCUT2D eigenvalue weighted by molar-refractivity contribution is 0.288. The third-order valence-electron chi connectivity index (χ3n) is 2.73. The Hall–Kier alpha value is -0.520. The number of hydrogen-bond donors (Lipinski definition) is 1. The van der Waals surface area contributed by atoms with E-state index in [4.69, 9.17) is 6.42 Å². The zero-order chi connectivity index (χ0) is 11.1. The predicted molar refractivity (Wildman–Crippen MR) is 65.8 cm³/mol. The summed E-state index contributed by atoms with van der Waals surface area (Å²) < 4.78 is 0. The Morgan fingerprint density at radius 1 is 1.47 bits per heavy atom. The standard InChI is InChI=1S/C13H24N2/c1-4-9-15(11-13-6-7-13)10-5-8-14-12(2)3/h1,12-14H,5-11H2,2-3H3. The fourth-order valence-electron chi connectivity index (χ4n) is 1.72. The van der Waals surface area contributed by atoms with Gasteiger partial charge in [-0.3, -0.25) is 4.90 Å². The molecule has 0 aliphatic heterocycles. The molecule has 0 aromatic carbocycles. The van der Waals surface area contributed by atoms with E-state index in [0.29, 0.717) is 6.04 Å². The van der Waals surface area contributed by atoms with E-state index in [9.17, 15) is 0 Å². The lowest BCUT2D eigenvalue weighted by Crippen LogP contribution is -2.31. The molecule has 0 atom stereocenters. The Kier molecular flexibility index (Phi) is 5.75. The summed E-state index contributed by atoms with van der Waals surface area (Å²) in [4.78, 5) is 2.42. The van der Waals surface area contributed by atoms with Gasteiger partial charge >= 0.3 is 0 Å². The monoisotopic (exact) mass is 208 g/mol. The highest BCUT2D eigenvalue weighted by Gasteiger charge is 2.23. The summed E-state index contributed by atoms with van der Waals surface area (Å²) in [5.74, 6) is 3.70. The van der Waals surface area contributed by atoms with Gasteiger partial charge in [0.15, 0.2) is 0 Å². The molecule has 0 radical (unpaired) electrons. The second-order valence-corrected chi connectivity index (χ2v) is 4.84. The van der Waals surface area contributed by atoms with Crippen molar-refractivity contribution in [3.63, 3.8) is 0 Å². The predicted octanol–water partition coefficient (Wildman–Crippen LogP) is 1.72. The molecule has 86 valence electrons. The molecule has 0 saturated heterocycles. The topological polar surface area (TPSA) is 15.3 Å². The first-order valence-corrected chi connectivity index (χ1v) is 6.11. The molecule has 0 spiro atoms. The molecule has 2 nitrogen and oxygen atoms in total. The van der Waals surface area contributed by atoms with Gasteiger partial charge in [0.25, 0.3) is 0 Å². The molecule has 0 unspecified atom stereocenters. The van der Waals surface area contributed by atoms with Gasteiger partial charge in [0, 0.05) is 19.1 Å². The number of terminal acetylenes is 1. The molecule has 1 aliphatic carbocycles. The smallest absolute Gasteiger partial charge is 0.0599 e. The minimum Gasteiger partial charge on any atom is -0.314 e. The van der Waals surface area contributed by atoms with Crippen LogP contribution < -0.4 is 5.32 Å². The Balaban J connectivity index is 2.05. The van der Waals surface area contributed by atoms with E-state index in [2.05, 4.69) is 30.0 Å². The van der Waals surface area contributed by atoms with Crippen LogP contribution in [0.3, 0.4) is 0 Å². The second-order valence-electron chi connectivity index (χ2n) is 4.84. The van der Waals surface area contributed by atoms with Crippen LogP contribution in [0.15, 0.2) is 0 Å². The van der Waals surface area contributed by atoms with Gasteiger partial charge in [-0.15, -0.1) is 6.42 Å². The van der Waals surface area contributed by atoms with Crippen molar-refractivity contribution in [2.75, 3.05) is 26.2 Å². The van der Waals surface area contributed by atoms with Crippen molar-refractivity contribution in [1.82, 2.24) is 10.2 Å². The number of rotatable bonds is 8. The number of nitrogens with one attached hydrogen (secondary N) is 1. The van der Waals surface area contributed by atoms with Crippen molar-refractivity contribution < 1.29 is 0 Å². The minimum absolute atomic E-state index is 0.592. The Morgan fingerprint density at radius 2 is 2.20 bits per heavy atom. The summed E-state index contributed by atoms with van der Waals surface area (Å²) in [5, 5.41) is 3.43. The van der Waals surface area contributed by atoms with E-state index in [1.54, 1.807) is 0 Å². The van der Waals surface area contributed by atoms with Crippen LogP contribution in [0.1, 0.15) is 33.1 Å². The zero-order valence-electron chi connectivity index (χ0n) is 10.1. The van der Waals surface area contributed by atoms with E-state index in [1.165, 1.54) is 25.8 Å². The lowest BCUT2D eigenvalue weighted by atomic mass is 10.3. The largest absolute Gasteiger partial charge is 0.314 e. The first-order valence-electron chi connectivity index (χ1n) is 6.11. The molecule has 1 aliphatic rings. The first-order chi connectivity index (χ1) is 7.22. The van der Waals surface area contributed by atoms with Crippen LogP contribution in [0, 0.1) is 18.3 Å². The molecule has 1 rings (SSSR count). The summed E-state index contributed by atoms with van der Waals surface area (Å²) in [6.45, 7) is 8.64. The lowest BCUT2D eigenvalue weighted by Gasteiger charge is -2.19. The van der Waals surface area contributed by atoms with Gasteiger partial charge in [-0.2, -0.15) is 0 Å². The van der Waals surface area contributed by atoms with E-state index >= 15 is 0 Å². The fraction of sp³-hybridized carbons (Fsp3) is 0.846. The second kappa shape index (κ2) is 6.87. The molecule has 0 amide bonds. The van der Waals surface area contributed by atoms with E-state index < -0.39 is 0 Å². The third kappa shape index (κ3) is 6.54. The zero-order valence-corrected chi connectivity index (χ0v) is 10.1. The molecule has 2 heteroatoms. The van der Waals surface area contributed by atoms with Crippen molar-refractivity contribution in [3.8, 4) is 12.3 Å². The minimum atomic E-state index is 0.592. The summed E-state index contributed by atoms with van der Waals surface area (Å²) >= 11 is 0. The molecular weight excluding hydrogens is 184 g/mol. The molecule has 0 bridgehead atoms. The van der Waals surface area contributed by atoms with E-state index in [-0.39, 0.29) is 0 Å². The normalized spacial score (nSPS) is 15.9. The highest BCUT2D eigenvalue weighted by atomic mass is 15.1. The van der Waals surface area contributed by atoms with Crippen LogP contribution in [0.25, 0.3) is 0 Å². The fourth-order valence-corrected chi connectivity index (χ4v) is 1.72. The summed E-state index contributed by atoms with van der Waals surface area (Å²) in [6, 6.07) is 0.592. The molecule has 0 aromatic heterocycles. The van der Waals surface area contributed by atoms with Gasteiger partial charge in [0.05, 0.1) is 6.54 Å². The van der Waals surface area contributed by atoms with E-state index in [0.717, 1.165) is 25.6 Å². The molecule has 1 saturated carbocycles. The van der Waals surface area contributed by atoms with Crippen molar-refractivity contribution in [1.29, 1.82) is 0 Å². The molecule has 1 fully saturated rings. The maximum Gasteiger partial charge on any atom is 0.0599 e. The maximum absolute atomic E-state index is 5.37. The van der Waals surface area contributed by atoms with Crippen LogP contribution in [0.4, 0.5) is 0 Å². The first kappa shape index (κ1) is 12.5. The Labute approximate surface area is 94.4 Å². The molecule has 15 heavy (non-hydrogen) atoms. The SMILES string of the molecule is C#CCN(CCCNC(C)C)CC1CC1. The molecule has 1 N–H and O–H groups in total. The highest BCUT2D eigenvalue weighted by molar-refractivity contribution is 4.90. The summed E-state index contributed by atoms with van der Waals surface area (Å²) in [7, 11) is 0. The van der Waals surface area contributed by atoms with Gasteiger partial charge in [-0.25, -0.2) is 0 Å². The molecular formula is C13H24N2. The van der Waals surface area contributed by atoms with Gasteiger partial charge in [-0.05, 0) is 31.7 Å². The van der Waals surface area contributed by atoms with Gasteiger partial charge in [-0.1, -0.05) is 19.8 Å². The quantitative estimate of drug-likeness (QED) is 0.483. The highest BCUT2D eigenvalue weighted by Crippen LogP contribution is 2.29. The van der Waals surface area contributed by atoms with Crippen LogP contribution in [-0.2, 0) is 0 Å². The Bertz CT molecular complexity index is 201. The van der Waals surface area contributed by atoms with Crippen molar-refractivity contribution in [2.24, 2.45) is 5.92 Å². The van der Waals surface area contributed by atoms with Crippen molar-refractivity contribution in [3.05, 3.63) is 0 Å². The molecule has 0 heterocycles. The van der Waals surface area contributed by atoms with Crippen molar-refractivity contribution >= 4 is 0 Å². The molecule has 0 aromatic rings. The van der Waals surface area contributed by atoms with Crippen LogP contribution in [-0.4, -0.2) is 37.1 Å². The van der Waals surface area contributed by atoms with Crippen LogP contribution >= 0.6 is 0 Å². The van der Waals surface area contributed by atoms with Gasteiger partial charge in [0.1, 0.15) is 0 Å². The maximum atomic E-state index is 5.37. The Morgan fingerprint density at radius 3 is 2.73 bits per heavy atom. The average Bonchev–Trinajstić information content (AvgIpc) is 2.96. The average molecular weight is 208 g/mol. The number of nitrogens with zero attached hydrogens (tertiary/aromatic N) is 1. The number of hydrogen-bond acceptors (Lipinski definition) is 2. The summed E-state index contributed by atoms with van der Waals surface area (Å²) in [5.41, 5.74) is 0. The van der Waals surface area contributed by atoms with Crippen LogP contribution in [0.5, 0.6) is 0 Å². The third-order valence-corrected chi connectivity index (χ3v) is 2.73. The van der Waals surface area contributed by atoms with Crippen LogP contribution in [0.2, 0.25) is 0 Å². The van der Waals surface area contributed by atoms with Crippen molar-refractivity contribution in [2.45, 2.75) is 39.2 Å².